The molecule has 2 N–H and O–H groups in total. The van der Waals surface area contributed by atoms with Gasteiger partial charge in [0.1, 0.15) is 0 Å². The van der Waals surface area contributed by atoms with E-state index in [1.807, 2.05) is 0 Å². The molecule has 0 spiro atoms. The van der Waals surface area contributed by atoms with Gasteiger partial charge in [-0.1, -0.05) is 0 Å². The lowest BCUT2D eigenvalue weighted by atomic mass is 9.90. The molecule has 0 bridgehead atoms. The molecule has 2 saturated heterocycles. The molecule has 0 amide bonds. The van der Waals surface area contributed by atoms with Crippen LogP contribution in [0.4, 0.5) is 0 Å². The Hall–Kier alpha value is 0.230. The van der Waals surface area contributed by atoms with Gasteiger partial charge >= 0.3 is 0 Å². The summed E-state index contributed by atoms with van der Waals surface area (Å²) in [6.07, 6.45) is 2.71. The number of nitrogens with two attached hydrogens (primary N) is 1. The van der Waals surface area contributed by atoms with Gasteiger partial charge in [-0.3, -0.25) is 4.90 Å². The average Bonchev–Trinajstić information content (AvgIpc) is 2.33. The monoisotopic (exact) mass is 258 g/mol. The van der Waals surface area contributed by atoms with Crippen molar-refractivity contribution in [1.29, 1.82) is 0 Å². The molecule has 0 aromatic rings. The van der Waals surface area contributed by atoms with Gasteiger partial charge in [0.25, 0.3) is 0 Å². The molecule has 2 unspecified atom stereocenters. The van der Waals surface area contributed by atoms with Crippen LogP contribution < -0.4 is 5.73 Å². The second-order valence-corrected chi connectivity index (χ2v) is 6.99. The van der Waals surface area contributed by atoms with Gasteiger partial charge in [-0.25, -0.2) is 0 Å². The van der Waals surface area contributed by atoms with Crippen molar-refractivity contribution >= 4 is 11.8 Å². The van der Waals surface area contributed by atoms with Crippen LogP contribution in [0, 0.1) is 5.92 Å². The first-order valence-corrected chi connectivity index (χ1v) is 7.93. The maximum absolute atomic E-state index is 6.06. The quantitative estimate of drug-likeness (QED) is 0.834. The number of morpholine rings is 1. The summed E-state index contributed by atoms with van der Waals surface area (Å²) in [5.74, 6) is 3.39. The van der Waals surface area contributed by atoms with E-state index in [1.54, 1.807) is 0 Å². The molecule has 0 saturated carbocycles. The molecule has 4 heteroatoms. The molecular formula is C13H26N2OS. The van der Waals surface area contributed by atoms with E-state index in [9.17, 15) is 0 Å². The zero-order chi connectivity index (χ0) is 12.3. The van der Waals surface area contributed by atoms with Gasteiger partial charge in [0, 0.05) is 24.7 Å². The van der Waals surface area contributed by atoms with Gasteiger partial charge in [-0.15, -0.1) is 0 Å². The maximum atomic E-state index is 6.06. The Balaban J connectivity index is 2.04. The second-order valence-electron chi connectivity index (χ2n) is 5.84. The predicted octanol–water partition coefficient (Wildman–Crippen LogP) is 1.57. The minimum atomic E-state index is 0.143. The molecule has 2 fully saturated rings. The lowest BCUT2D eigenvalue weighted by Gasteiger charge is -2.49. The zero-order valence-corrected chi connectivity index (χ0v) is 12.0. The van der Waals surface area contributed by atoms with Gasteiger partial charge in [0.05, 0.1) is 13.2 Å². The topological polar surface area (TPSA) is 38.5 Å². The van der Waals surface area contributed by atoms with Crippen molar-refractivity contribution in [3.05, 3.63) is 0 Å². The highest BCUT2D eigenvalue weighted by molar-refractivity contribution is 7.99. The van der Waals surface area contributed by atoms with E-state index in [0.29, 0.717) is 6.04 Å². The Kier molecular flexibility index (Phi) is 4.75. The van der Waals surface area contributed by atoms with Gasteiger partial charge in [0.2, 0.25) is 0 Å². The predicted molar refractivity (Wildman–Crippen MR) is 74.5 cm³/mol. The Morgan fingerprint density at radius 1 is 1.53 bits per heavy atom. The van der Waals surface area contributed by atoms with Gasteiger partial charge in [-0.05, 0) is 44.1 Å². The molecule has 17 heavy (non-hydrogen) atoms. The molecule has 2 atom stereocenters. The van der Waals surface area contributed by atoms with Crippen molar-refractivity contribution in [2.45, 2.75) is 38.3 Å². The van der Waals surface area contributed by atoms with Gasteiger partial charge in [0.15, 0.2) is 0 Å². The summed E-state index contributed by atoms with van der Waals surface area (Å²) in [5.41, 5.74) is 6.21. The van der Waals surface area contributed by atoms with Crippen LogP contribution in [-0.2, 0) is 4.74 Å². The lowest BCUT2D eigenvalue weighted by Crippen LogP contribution is -2.61. The first kappa shape index (κ1) is 13.7. The molecule has 2 aliphatic rings. The van der Waals surface area contributed by atoms with Crippen LogP contribution in [0.15, 0.2) is 0 Å². The molecule has 2 heterocycles. The SMILES string of the molecule is CC1(C)COCCN1C(CN)C1CCCSC1. The molecule has 0 aromatic heterocycles. The molecule has 100 valence electrons. The summed E-state index contributed by atoms with van der Waals surface area (Å²) in [4.78, 5) is 2.60. The van der Waals surface area contributed by atoms with E-state index in [1.165, 1.54) is 24.3 Å². The maximum Gasteiger partial charge on any atom is 0.0645 e. The Labute approximate surface area is 109 Å². The van der Waals surface area contributed by atoms with Crippen molar-refractivity contribution in [3.8, 4) is 0 Å². The van der Waals surface area contributed by atoms with Crippen LogP contribution in [0.5, 0.6) is 0 Å². The first-order valence-electron chi connectivity index (χ1n) is 6.77. The largest absolute Gasteiger partial charge is 0.378 e. The van der Waals surface area contributed by atoms with Crippen molar-refractivity contribution in [2.24, 2.45) is 11.7 Å². The third-order valence-electron chi connectivity index (χ3n) is 4.09. The highest BCUT2D eigenvalue weighted by Crippen LogP contribution is 2.31. The number of ether oxygens (including phenoxy) is 1. The zero-order valence-electron chi connectivity index (χ0n) is 11.2. The van der Waals surface area contributed by atoms with E-state index >= 15 is 0 Å². The van der Waals surface area contributed by atoms with E-state index in [-0.39, 0.29) is 5.54 Å². The normalized spacial score (nSPS) is 32.3. The highest BCUT2D eigenvalue weighted by Gasteiger charge is 2.38. The summed E-state index contributed by atoms with van der Waals surface area (Å²) >= 11 is 2.10. The van der Waals surface area contributed by atoms with E-state index < -0.39 is 0 Å². The van der Waals surface area contributed by atoms with Crippen LogP contribution in [0.1, 0.15) is 26.7 Å². The molecule has 2 aliphatic heterocycles. The fourth-order valence-corrected chi connectivity index (χ4v) is 4.36. The van der Waals surface area contributed by atoms with Crippen LogP contribution in [0.25, 0.3) is 0 Å². The van der Waals surface area contributed by atoms with Crippen molar-refractivity contribution in [3.63, 3.8) is 0 Å². The molecule has 0 aliphatic carbocycles. The van der Waals surface area contributed by atoms with E-state index in [4.69, 9.17) is 10.5 Å². The number of hydrogen-bond acceptors (Lipinski definition) is 4. The number of nitrogens with zero attached hydrogens (tertiary/aromatic N) is 1. The van der Waals surface area contributed by atoms with Gasteiger partial charge in [-0.2, -0.15) is 11.8 Å². The fraction of sp³-hybridized carbons (Fsp3) is 1.00. The minimum Gasteiger partial charge on any atom is -0.378 e. The Morgan fingerprint density at radius 2 is 2.35 bits per heavy atom. The standard InChI is InChI=1S/C13H26N2OS/c1-13(2)10-16-6-5-15(13)12(8-14)11-4-3-7-17-9-11/h11-12H,3-10,14H2,1-2H3. The minimum absolute atomic E-state index is 0.143. The van der Waals surface area contributed by atoms with Crippen molar-refractivity contribution < 1.29 is 4.74 Å². The molecular weight excluding hydrogens is 232 g/mol. The molecule has 0 radical (unpaired) electrons. The molecule has 2 rings (SSSR count). The summed E-state index contributed by atoms with van der Waals surface area (Å²) in [7, 11) is 0. The van der Waals surface area contributed by atoms with Crippen molar-refractivity contribution in [2.75, 3.05) is 37.8 Å². The van der Waals surface area contributed by atoms with Crippen LogP contribution >= 0.6 is 11.8 Å². The Morgan fingerprint density at radius 3 is 2.94 bits per heavy atom. The lowest BCUT2D eigenvalue weighted by molar-refractivity contribution is -0.0800. The number of rotatable bonds is 3. The summed E-state index contributed by atoms with van der Waals surface area (Å²) in [6.45, 7) is 8.09. The Bertz CT molecular complexity index is 242. The first-order chi connectivity index (χ1) is 8.15. The van der Waals surface area contributed by atoms with E-state index in [2.05, 4.69) is 30.5 Å². The third-order valence-corrected chi connectivity index (χ3v) is 5.33. The van der Waals surface area contributed by atoms with Crippen LogP contribution in [0.2, 0.25) is 0 Å². The third kappa shape index (κ3) is 3.16. The van der Waals surface area contributed by atoms with Crippen molar-refractivity contribution in [1.82, 2.24) is 4.90 Å². The summed E-state index contributed by atoms with van der Waals surface area (Å²) < 4.78 is 5.61. The molecule has 0 aromatic carbocycles. The summed E-state index contributed by atoms with van der Waals surface area (Å²) in [6, 6.07) is 0.543. The smallest absolute Gasteiger partial charge is 0.0645 e. The van der Waals surface area contributed by atoms with Crippen LogP contribution in [-0.4, -0.2) is 54.3 Å². The number of thioether (sulfide) groups is 1. The van der Waals surface area contributed by atoms with Gasteiger partial charge < -0.3 is 10.5 Å². The average molecular weight is 258 g/mol. The second kappa shape index (κ2) is 5.91. The van der Waals surface area contributed by atoms with E-state index in [0.717, 1.165) is 32.2 Å². The summed E-state index contributed by atoms with van der Waals surface area (Å²) in [5, 5.41) is 0. The fourth-order valence-electron chi connectivity index (χ4n) is 3.13. The van der Waals surface area contributed by atoms with Crippen LogP contribution in [0.3, 0.4) is 0 Å². The number of hydrogen-bond donors (Lipinski definition) is 1. The highest BCUT2D eigenvalue weighted by atomic mass is 32.2. The molecule has 3 nitrogen and oxygen atoms in total.